The quantitative estimate of drug-likeness (QED) is 0.436. The molecule has 0 heterocycles. The number of carbonyl (C=O) groups is 2. The predicted molar refractivity (Wildman–Crippen MR) is 141 cm³/mol. The number of ether oxygens (including phenoxy) is 2. The summed E-state index contributed by atoms with van der Waals surface area (Å²) in [6, 6.07) is 12.9. The highest BCUT2D eigenvalue weighted by Gasteiger charge is 2.32. The predicted octanol–water partition coefficient (Wildman–Crippen LogP) is 3.19. The molecule has 10 heteroatoms. The molecule has 2 aromatic rings. The van der Waals surface area contributed by atoms with Crippen molar-refractivity contribution in [3.8, 4) is 11.5 Å². The van der Waals surface area contributed by atoms with Crippen molar-refractivity contribution in [1.82, 2.24) is 10.2 Å². The average Bonchev–Trinajstić information content (AvgIpc) is 2.86. The van der Waals surface area contributed by atoms with Crippen LogP contribution in [-0.2, 0) is 26.2 Å². The van der Waals surface area contributed by atoms with E-state index in [-0.39, 0.29) is 24.2 Å². The molecule has 2 amide bonds. The Morgan fingerprint density at radius 2 is 1.69 bits per heavy atom. The van der Waals surface area contributed by atoms with E-state index in [9.17, 15) is 18.0 Å². The number of sulfonamides is 1. The van der Waals surface area contributed by atoms with Gasteiger partial charge in [0.1, 0.15) is 24.1 Å². The maximum Gasteiger partial charge on any atom is 0.244 e. The van der Waals surface area contributed by atoms with Crippen molar-refractivity contribution in [3.05, 3.63) is 54.1 Å². The molecule has 198 valence electrons. The fourth-order valence-electron chi connectivity index (χ4n) is 3.76. The van der Waals surface area contributed by atoms with Gasteiger partial charge in [0.05, 0.1) is 26.2 Å². The number of nitrogens with zero attached hydrogens (tertiary/aromatic N) is 2. The van der Waals surface area contributed by atoms with E-state index in [1.54, 1.807) is 49.6 Å². The molecule has 2 rings (SSSR count). The van der Waals surface area contributed by atoms with Gasteiger partial charge in [0.15, 0.2) is 0 Å². The largest absolute Gasteiger partial charge is 0.497 e. The molecule has 36 heavy (non-hydrogen) atoms. The van der Waals surface area contributed by atoms with Crippen LogP contribution < -0.4 is 19.1 Å². The van der Waals surface area contributed by atoms with E-state index in [0.29, 0.717) is 17.9 Å². The van der Waals surface area contributed by atoms with E-state index in [1.807, 2.05) is 26.8 Å². The van der Waals surface area contributed by atoms with Crippen LogP contribution in [0.15, 0.2) is 48.5 Å². The molecule has 0 fully saturated rings. The van der Waals surface area contributed by atoms with Crippen LogP contribution in [0.2, 0.25) is 0 Å². The number of hydrogen-bond acceptors (Lipinski definition) is 6. The Hall–Kier alpha value is -3.27. The van der Waals surface area contributed by atoms with Crippen molar-refractivity contribution in [2.45, 2.75) is 52.2 Å². The minimum Gasteiger partial charge on any atom is -0.497 e. The zero-order valence-electron chi connectivity index (χ0n) is 21.9. The number of para-hydroxylation sites is 2. The first-order valence-corrected chi connectivity index (χ1v) is 13.7. The lowest BCUT2D eigenvalue weighted by atomic mass is 10.1. The van der Waals surface area contributed by atoms with Gasteiger partial charge in [-0.1, -0.05) is 38.1 Å². The molecule has 0 saturated heterocycles. The first kappa shape index (κ1) is 29.0. The molecular weight excluding hydrogens is 482 g/mol. The Morgan fingerprint density at radius 1 is 1.00 bits per heavy atom. The van der Waals surface area contributed by atoms with E-state index in [1.165, 1.54) is 12.0 Å². The highest BCUT2D eigenvalue weighted by Crippen LogP contribution is 2.30. The van der Waals surface area contributed by atoms with Crippen LogP contribution >= 0.6 is 0 Å². The van der Waals surface area contributed by atoms with Gasteiger partial charge < -0.3 is 19.7 Å². The van der Waals surface area contributed by atoms with Gasteiger partial charge in [-0.15, -0.1) is 0 Å². The maximum absolute atomic E-state index is 13.8. The second-order valence-corrected chi connectivity index (χ2v) is 10.5. The molecule has 2 aromatic carbocycles. The molecule has 0 saturated carbocycles. The molecule has 1 N–H and O–H groups in total. The van der Waals surface area contributed by atoms with Crippen LogP contribution in [0.25, 0.3) is 0 Å². The monoisotopic (exact) mass is 519 g/mol. The van der Waals surface area contributed by atoms with Crippen molar-refractivity contribution in [2.24, 2.45) is 0 Å². The minimum absolute atomic E-state index is 0.0681. The van der Waals surface area contributed by atoms with Crippen molar-refractivity contribution in [1.29, 1.82) is 0 Å². The Labute approximate surface area is 214 Å². The third-order valence-electron chi connectivity index (χ3n) is 5.91. The van der Waals surface area contributed by atoms with Crippen molar-refractivity contribution >= 4 is 27.5 Å². The smallest absolute Gasteiger partial charge is 0.244 e. The van der Waals surface area contributed by atoms with E-state index in [2.05, 4.69) is 5.32 Å². The lowest BCUT2D eigenvalue weighted by Gasteiger charge is -2.33. The molecule has 0 bridgehead atoms. The van der Waals surface area contributed by atoms with Gasteiger partial charge in [0.25, 0.3) is 0 Å². The van der Waals surface area contributed by atoms with Crippen LogP contribution in [0.3, 0.4) is 0 Å². The van der Waals surface area contributed by atoms with Gasteiger partial charge in [-0.25, -0.2) is 8.42 Å². The summed E-state index contributed by atoms with van der Waals surface area (Å²) in [7, 11) is -0.871. The van der Waals surface area contributed by atoms with Crippen molar-refractivity contribution in [3.63, 3.8) is 0 Å². The van der Waals surface area contributed by atoms with Crippen LogP contribution in [0.5, 0.6) is 11.5 Å². The number of nitrogens with one attached hydrogen (secondary N) is 1. The normalized spacial score (nSPS) is 12.8. The van der Waals surface area contributed by atoms with Crippen LogP contribution in [0.4, 0.5) is 5.69 Å². The molecule has 0 radical (unpaired) electrons. The van der Waals surface area contributed by atoms with Crippen LogP contribution in [0.1, 0.15) is 39.2 Å². The summed E-state index contributed by atoms with van der Waals surface area (Å²) < 4.78 is 37.2. The first-order chi connectivity index (χ1) is 17.0. The standard InChI is InChI=1S/C26H37N3O6S/c1-7-19(3)27-26(31)22(8-2)28(17-20-12-11-13-21(16-20)34-4)25(30)18-29(36(6,32)33)23-14-9-10-15-24(23)35-5/h9-16,19,22H,7-8,17-18H2,1-6H3,(H,27,31)/t19-,22-/m0/s1. The van der Waals surface area contributed by atoms with E-state index >= 15 is 0 Å². The van der Waals surface area contributed by atoms with E-state index < -0.39 is 28.5 Å². The second kappa shape index (κ2) is 13.2. The molecule has 0 aromatic heterocycles. The zero-order valence-corrected chi connectivity index (χ0v) is 22.7. The highest BCUT2D eigenvalue weighted by atomic mass is 32.2. The highest BCUT2D eigenvalue weighted by molar-refractivity contribution is 7.92. The van der Waals surface area contributed by atoms with Gasteiger partial charge in [-0.2, -0.15) is 0 Å². The Kier molecular flexibility index (Phi) is 10.6. The molecule has 0 spiro atoms. The third-order valence-corrected chi connectivity index (χ3v) is 7.03. The van der Waals surface area contributed by atoms with Crippen LogP contribution in [-0.4, -0.2) is 64.2 Å². The SMILES string of the molecule is CC[C@H](C)NC(=O)[C@H](CC)N(Cc1cccc(OC)c1)C(=O)CN(c1ccccc1OC)S(C)(=O)=O. The number of amides is 2. The van der Waals surface area contributed by atoms with Gasteiger partial charge in [-0.05, 0) is 49.6 Å². The van der Waals surface area contributed by atoms with E-state index in [4.69, 9.17) is 9.47 Å². The summed E-state index contributed by atoms with van der Waals surface area (Å²) in [5.41, 5.74) is 0.995. The lowest BCUT2D eigenvalue weighted by molar-refractivity contribution is -0.140. The van der Waals surface area contributed by atoms with Crippen molar-refractivity contribution in [2.75, 3.05) is 31.3 Å². The molecule has 0 unspecified atom stereocenters. The van der Waals surface area contributed by atoms with Gasteiger partial charge in [0.2, 0.25) is 21.8 Å². The third kappa shape index (κ3) is 7.61. The Morgan fingerprint density at radius 3 is 2.28 bits per heavy atom. The molecule has 2 atom stereocenters. The molecule has 0 aliphatic heterocycles. The summed E-state index contributed by atoms with van der Waals surface area (Å²) in [4.78, 5) is 28.4. The molecule has 0 aliphatic rings. The molecule has 9 nitrogen and oxygen atoms in total. The van der Waals surface area contributed by atoms with Gasteiger partial charge >= 0.3 is 0 Å². The zero-order chi connectivity index (χ0) is 26.9. The number of benzene rings is 2. The fourth-order valence-corrected chi connectivity index (χ4v) is 4.61. The molecule has 0 aliphatic carbocycles. The first-order valence-electron chi connectivity index (χ1n) is 11.9. The molecular formula is C26H37N3O6S. The topological polar surface area (TPSA) is 105 Å². The Bertz CT molecular complexity index is 1140. The summed E-state index contributed by atoms with van der Waals surface area (Å²) in [6.45, 7) is 5.29. The summed E-state index contributed by atoms with van der Waals surface area (Å²) in [5.74, 6) is 0.131. The maximum atomic E-state index is 13.8. The minimum atomic E-state index is -3.85. The van der Waals surface area contributed by atoms with E-state index in [0.717, 1.165) is 22.5 Å². The summed E-state index contributed by atoms with van der Waals surface area (Å²) in [5, 5.41) is 2.95. The number of hydrogen-bond donors (Lipinski definition) is 1. The Balaban J connectivity index is 2.49. The second-order valence-electron chi connectivity index (χ2n) is 8.56. The summed E-state index contributed by atoms with van der Waals surface area (Å²) >= 11 is 0. The number of methoxy groups -OCH3 is 2. The van der Waals surface area contributed by atoms with Gasteiger partial charge in [-0.3, -0.25) is 13.9 Å². The van der Waals surface area contributed by atoms with Crippen LogP contribution in [0, 0.1) is 0 Å². The fraction of sp³-hybridized carbons (Fsp3) is 0.462. The summed E-state index contributed by atoms with van der Waals surface area (Å²) in [6.07, 6.45) is 2.12. The number of anilines is 1. The number of rotatable bonds is 13. The van der Waals surface area contributed by atoms with Crippen molar-refractivity contribution < 1.29 is 27.5 Å². The lowest BCUT2D eigenvalue weighted by Crippen LogP contribution is -2.53. The average molecular weight is 520 g/mol. The number of carbonyl (C=O) groups excluding carboxylic acids is 2. The van der Waals surface area contributed by atoms with Gasteiger partial charge in [0, 0.05) is 12.6 Å².